The topological polar surface area (TPSA) is 81.4 Å². The van der Waals surface area contributed by atoms with Crippen LogP contribution in [0.1, 0.15) is 35.7 Å². The highest BCUT2D eigenvalue weighted by Gasteiger charge is 2.61. The number of hydrogen-bond acceptors (Lipinski definition) is 5. The molecule has 0 saturated carbocycles. The van der Waals surface area contributed by atoms with Crippen LogP contribution in [0.5, 0.6) is 0 Å². The number of amides is 1. The largest absolute Gasteiger partial charge is 0.416 e. The Bertz CT molecular complexity index is 1610. The van der Waals surface area contributed by atoms with E-state index < -0.39 is 40.3 Å². The molecule has 0 spiro atoms. The van der Waals surface area contributed by atoms with E-state index in [1.54, 1.807) is 13.8 Å². The molecule has 1 fully saturated rings. The van der Waals surface area contributed by atoms with Crippen LogP contribution in [0.4, 0.5) is 23.2 Å². The molecular weight excluding hydrogens is 528 g/mol. The van der Waals surface area contributed by atoms with E-state index in [0.717, 1.165) is 24.3 Å². The fourth-order valence-corrected chi connectivity index (χ4v) is 5.24. The number of nitrogens with one attached hydrogen (secondary N) is 1. The molecule has 11 heteroatoms. The SMILES string of the molecule is Cc1noc(=O)c2ccc(NC(=O)C3(c4ccc(C(F)(F)F)cc4)CC(C)(c4c(F)cccc4Cl)O3)cc12. The molecule has 5 rings (SSSR count). The van der Waals surface area contributed by atoms with Gasteiger partial charge >= 0.3 is 11.8 Å². The zero-order chi connectivity index (χ0) is 27.5. The fraction of sp³-hybridized carbons (Fsp3) is 0.222. The van der Waals surface area contributed by atoms with Gasteiger partial charge in [0.2, 0.25) is 0 Å². The van der Waals surface area contributed by atoms with Crippen molar-refractivity contribution in [2.75, 3.05) is 5.32 Å². The van der Waals surface area contributed by atoms with Crippen molar-refractivity contribution in [3.63, 3.8) is 0 Å². The highest BCUT2D eigenvalue weighted by atomic mass is 35.5. The van der Waals surface area contributed by atoms with E-state index in [-0.39, 0.29) is 33.6 Å². The van der Waals surface area contributed by atoms with Gasteiger partial charge in [-0.2, -0.15) is 13.2 Å². The number of benzene rings is 3. The Labute approximate surface area is 218 Å². The van der Waals surface area contributed by atoms with Crippen molar-refractivity contribution in [2.24, 2.45) is 0 Å². The van der Waals surface area contributed by atoms with Gasteiger partial charge in [0.1, 0.15) is 11.4 Å². The van der Waals surface area contributed by atoms with Crippen LogP contribution >= 0.6 is 11.6 Å². The molecule has 2 atom stereocenters. The van der Waals surface area contributed by atoms with Gasteiger partial charge in [0.15, 0.2) is 5.60 Å². The maximum absolute atomic E-state index is 14.7. The van der Waals surface area contributed by atoms with E-state index in [9.17, 15) is 27.2 Å². The number of carbonyl (C=O) groups is 1. The van der Waals surface area contributed by atoms with Crippen molar-refractivity contribution in [3.05, 3.63) is 104 Å². The molecule has 3 aromatic carbocycles. The van der Waals surface area contributed by atoms with Gasteiger partial charge in [-0.25, -0.2) is 9.18 Å². The Morgan fingerprint density at radius 3 is 2.39 bits per heavy atom. The lowest BCUT2D eigenvalue weighted by molar-refractivity contribution is -0.266. The minimum absolute atomic E-state index is 0.0381. The van der Waals surface area contributed by atoms with Crippen molar-refractivity contribution in [1.82, 2.24) is 5.16 Å². The number of rotatable bonds is 4. The van der Waals surface area contributed by atoms with Crippen molar-refractivity contribution in [1.29, 1.82) is 0 Å². The van der Waals surface area contributed by atoms with E-state index in [4.69, 9.17) is 20.9 Å². The first-order chi connectivity index (χ1) is 17.8. The van der Waals surface area contributed by atoms with Crippen LogP contribution in [0.25, 0.3) is 10.8 Å². The molecular formula is C27H19ClF4N2O4. The second kappa shape index (κ2) is 8.92. The fourth-order valence-electron chi connectivity index (χ4n) is 4.88. The van der Waals surface area contributed by atoms with Gasteiger partial charge < -0.3 is 14.6 Å². The number of hydrogen-bond donors (Lipinski definition) is 1. The van der Waals surface area contributed by atoms with Crippen molar-refractivity contribution in [2.45, 2.75) is 37.6 Å². The molecule has 196 valence electrons. The number of aromatic nitrogens is 1. The van der Waals surface area contributed by atoms with Gasteiger partial charge in [0.25, 0.3) is 5.91 Å². The molecule has 2 heterocycles. The summed E-state index contributed by atoms with van der Waals surface area (Å²) in [6.45, 7) is 3.18. The normalized spacial score (nSPS) is 21.2. The molecule has 2 unspecified atom stereocenters. The first-order valence-corrected chi connectivity index (χ1v) is 11.8. The minimum atomic E-state index is -4.58. The molecule has 4 aromatic rings. The van der Waals surface area contributed by atoms with Gasteiger partial charge in [0, 0.05) is 28.1 Å². The van der Waals surface area contributed by atoms with E-state index in [0.29, 0.717) is 11.1 Å². The third-order valence-electron chi connectivity index (χ3n) is 6.68. The average molecular weight is 547 g/mol. The second-order valence-electron chi connectivity index (χ2n) is 9.28. The van der Waals surface area contributed by atoms with Crippen LogP contribution in [-0.2, 0) is 26.9 Å². The number of aryl methyl sites for hydroxylation is 1. The molecule has 0 bridgehead atoms. The summed E-state index contributed by atoms with van der Waals surface area (Å²) in [7, 11) is 0. The first-order valence-electron chi connectivity index (χ1n) is 11.4. The smallest absolute Gasteiger partial charge is 0.349 e. The molecule has 1 amide bonds. The molecule has 0 radical (unpaired) electrons. The maximum Gasteiger partial charge on any atom is 0.416 e. The van der Waals surface area contributed by atoms with Crippen LogP contribution in [0.3, 0.4) is 0 Å². The Morgan fingerprint density at radius 1 is 1.08 bits per heavy atom. The van der Waals surface area contributed by atoms with Crippen LogP contribution in [0.15, 0.2) is 70.0 Å². The summed E-state index contributed by atoms with van der Waals surface area (Å²) < 4.78 is 65.1. The third-order valence-corrected chi connectivity index (χ3v) is 6.99. The Hall–Kier alpha value is -3.76. The summed E-state index contributed by atoms with van der Waals surface area (Å²) in [6.07, 6.45) is -4.69. The van der Waals surface area contributed by atoms with Gasteiger partial charge in [-0.3, -0.25) is 4.79 Å². The van der Waals surface area contributed by atoms with E-state index in [1.807, 2.05) is 0 Å². The summed E-state index contributed by atoms with van der Waals surface area (Å²) in [6, 6.07) is 12.6. The van der Waals surface area contributed by atoms with Gasteiger partial charge in [-0.15, -0.1) is 0 Å². The summed E-state index contributed by atoms with van der Waals surface area (Å²) in [5.74, 6) is -1.34. The van der Waals surface area contributed by atoms with Crippen LogP contribution < -0.4 is 10.9 Å². The summed E-state index contributed by atoms with van der Waals surface area (Å²) in [4.78, 5) is 25.7. The molecule has 1 aliphatic rings. The van der Waals surface area contributed by atoms with Crippen LogP contribution in [0, 0.1) is 12.7 Å². The van der Waals surface area contributed by atoms with Gasteiger partial charge in [0.05, 0.1) is 16.6 Å². The molecule has 1 aliphatic heterocycles. The lowest BCUT2D eigenvalue weighted by atomic mass is 9.71. The number of nitrogens with zero attached hydrogens (tertiary/aromatic N) is 1. The quantitative estimate of drug-likeness (QED) is 0.296. The summed E-state index contributed by atoms with van der Waals surface area (Å²) >= 11 is 6.24. The van der Waals surface area contributed by atoms with E-state index in [1.165, 1.54) is 36.4 Å². The number of fused-ring (bicyclic) bond motifs is 1. The highest BCUT2D eigenvalue weighted by molar-refractivity contribution is 6.31. The standard InChI is InChI=1S/C27H19ClF4N2O4/c1-14-19-12-17(10-11-18(19)23(35)37-34-14)33-24(36)26(15-6-8-16(9-7-15)27(30,31)32)13-25(2,38-26)22-20(28)4-3-5-21(22)29/h3-12H,13H2,1-2H3,(H,33,36). The van der Waals surface area contributed by atoms with Crippen molar-refractivity contribution in [3.8, 4) is 0 Å². The maximum atomic E-state index is 14.7. The van der Waals surface area contributed by atoms with Gasteiger partial charge in [-0.1, -0.05) is 35.0 Å². The molecule has 1 saturated heterocycles. The lowest BCUT2D eigenvalue weighted by Gasteiger charge is -2.54. The zero-order valence-electron chi connectivity index (χ0n) is 20.0. The Kier molecular flexibility index (Phi) is 6.07. The first kappa shape index (κ1) is 25.9. The molecule has 0 aliphatic carbocycles. The zero-order valence-corrected chi connectivity index (χ0v) is 20.7. The average Bonchev–Trinajstić information content (AvgIpc) is 2.84. The monoisotopic (exact) mass is 546 g/mol. The number of alkyl halides is 3. The Morgan fingerprint density at radius 2 is 1.76 bits per heavy atom. The second-order valence-corrected chi connectivity index (χ2v) is 9.69. The number of halogens is 5. The van der Waals surface area contributed by atoms with Crippen molar-refractivity contribution >= 4 is 34.0 Å². The number of carbonyl (C=O) groups excluding carboxylic acids is 1. The highest BCUT2D eigenvalue weighted by Crippen LogP contribution is 2.56. The number of anilines is 1. The molecule has 6 nitrogen and oxygen atoms in total. The third kappa shape index (κ3) is 4.23. The number of ether oxygens (including phenoxy) is 1. The lowest BCUT2D eigenvalue weighted by Crippen LogP contribution is -2.60. The molecule has 1 aromatic heterocycles. The van der Waals surface area contributed by atoms with Crippen molar-refractivity contribution < 1.29 is 31.6 Å². The summed E-state index contributed by atoms with van der Waals surface area (Å²) in [5, 5.41) is 7.19. The van der Waals surface area contributed by atoms with Crippen LogP contribution in [0.2, 0.25) is 5.02 Å². The summed E-state index contributed by atoms with van der Waals surface area (Å²) in [5.41, 5.74) is -3.77. The predicted molar refractivity (Wildman–Crippen MR) is 131 cm³/mol. The Balaban J connectivity index is 1.55. The van der Waals surface area contributed by atoms with Crippen LogP contribution in [-0.4, -0.2) is 11.1 Å². The minimum Gasteiger partial charge on any atom is -0.349 e. The van der Waals surface area contributed by atoms with E-state index in [2.05, 4.69) is 10.5 Å². The predicted octanol–water partition coefficient (Wildman–Crippen LogP) is 6.48. The molecule has 38 heavy (non-hydrogen) atoms. The van der Waals surface area contributed by atoms with E-state index >= 15 is 0 Å². The van der Waals surface area contributed by atoms with Gasteiger partial charge in [-0.05, 0) is 61.9 Å². The molecule has 1 N–H and O–H groups in total.